The van der Waals surface area contributed by atoms with Crippen LogP contribution in [0.5, 0.6) is 5.75 Å². The molecule has 1 saturated heterocycles. The molecule has 2 unspecified atom stereocenters. The fourth-order valence-electron chi connectivity index (χ4n) is 2.89. The Labute approximate surface area is 116 Å². The largest absolute Gasteiger partial charge is 0.497 e. The SMILES string of the molecule is CNC(Cc1cccc(OC)c1)C1(C)CCCCO1. The van der Waals surface area contributed by atoms with Gasteiger partial charge in [-0.3, -0.25) is 0 Å². The molecule has 0 aliphatic carbocycles. The van der Waals surface area contributed by atoms with Crippen molar-refractivity contribution in [2.75, 3.05) is 20.8 Å². The maximum atomic E-state index is 6.05. The van der Waals surface area contributed by atoms with Crippen LogP contribution in [0.3, 0.4) is 0 Å². The Morgan fingerprint density at radius 3 is 2.89 bits per heavy atom. The van der Waals surface area contributed by atoms with Gasteiger partial charge in [0.05, 0.1) is 12.7 Å². The Morgan fingerprint density at radius 1 is 1.42 bits per heavy atom. The summed E-state index contributed by atoms with van der Waals surface area (Å²) >= 11 is 0. The van der Waals surface area contributed by atoms with Gasteiger partial charge in [-0.1, -0.05) is 12.1 Å². The van der Waals surface area contributed by atoms with E-state index >= 15 is 0 Å². The van der Waals surface area contributed by atoms with Crippen molar-refractivity contribution in [1.29, 1.82) is 0 Å². The van der Waals surface area contributed by atoms with Crippen molar-refractivity contribution in [3.05, 3.63) is 29.8 Å². The topological polar surface area (TPSA) is 30.5 Å². The minimum Gasteiger partial charge on any atom is -0.497 e. The van der Waals surface area contributed by atoms with Gasteiger partial charge in [0.1, 0.15) is 5.75 Å². The highest BCUT2D eigenvalue weighted by Crippen LogP contribution is 2.30. The number of hydrogen-bond acceptors (Lipinski definition) is 3. The lowest BCUT2D eigenvalue weighted by molar-refractivity contribution is -0.0870. The van der Waals surface area contributed by atoms with E-state index in [1.165, 1.54) is 18.4 Å². The summed E-state index contributed by atoms with van der Waals surface area (Å²) in [6.45, 7) is 3.11. The Balaban J connectivity index is 2.09. The van der Waals surface area contributed by atoms with Gasteiger partial charge in [-0.15, -0.1) is 0 Å². The van der Waals surface area contributed by atoms with E-state index in [2.05, 4.69) is 24.4 Å². The molecule has 0 radical (unpaired) electrons. The van der Waals surface area contributed by atoms with Crippen molar-refractivity contribution >= 4 is 0 Å². The van der Waals surface area contributed by atoms with Crippen LogP contribution in [0, 0.1) is 0 Å². The van der Waals surface area contributed by atoms with Crippen molar-refractivity contribution in [2.45, 2.75) is 44.2 Å². The summed E-state index contributed by atoms with van der Waals surface area (Å²) in [5.41, 5.74) is 1.23. The van der Waals surface area contributed by atoms with E-state index in [-0.39, 0.29) is 5.60 Å². The molecule has 0 saturated carbocycles. The molecule has 1 N–H and O–H groups in total. The molecule has 2 rings (SSSR count). The molecule has 3 heteroatoms. The molecule has 1 aromatic rings. The fourth-order valence-corrected chi connectivity index (χ4v) is 2.89. The minimum atomic E-state index is -0.0594. The van der Waals surface area contributed by atoms with Gasteiger partial charge < -0.3 is 14.8 Å². The Morgan fingerprint density at radius 2 is 2.26 bits per heavy atom. The maximum absolute atomic E-state index is 6.05. The zero-order valence-electron chi connectivity index (χ0n) is 12.2. The molecule has 19 heavy (non-hydrogen) atoms. The first-order chi connectivity index (χ1) is 9.18. The number of methoxy groups -OCH3 is 1. The van der Waals surface area contributed by atoms with E-state index in [0.29, 0.717) is 6.04 Å². The molecule has 0 spiro atoms. The van der Waals surface area contributed by atoms with Crippen LogP contribution in [0.4, 0.5) is 0 Å². The van der Waals surface area contributed by atoms with Crippen molar-refractivity contribution in [3.63, 3.8) is 0 Å². The highest BCUT2D eigenvalue weighted by Gasteiger charge is 2.35. The lowest BCUT2D eigenvalue weighted by atomic mass is 9.85. The van der Waals surface area contributed by atoms with Gasteiger partial charge in [-0.25, -0.2) is 0 Å². The molecule has 1 fully saturated rings. The maximum Gasteiger partial charge on any atom is 0.119 e. The smallest absolute Gasteiger partial charge is 0.119 e. The van der Waals surface area contributed by atoms with E-state index < -0.39 is 0 Å². The summed E-state index contributed by atoms with van der Waals surface area (Å²) in [5, 5.41) is 3.43. The van der Waals surface area contributed by atoms with Crippen LogP contribution in [0.2, 0.25) is 0 Å². The number of rotatable bonds is 5. The van der Waals surface area contributed by atoms with Crippen molar-refractivity contribution in [3.8, 4) is 5.75 Å². The molecule has 0 amide bonds. The molecule has 1 aromatic carbocycles. The molecule has 3 nitrogen and oxygen atoms in total. The molecule has 1 heterocycles. The van der Waals surface area contributed by atoms with Crippen LogP contribution in [0.15, 0.2) is 24.3 Å². The van der Waals surface area contributed by atoms with E-state index in [4.69, 9.17) is 9.47 Å². The van der Waals surface area contributed by atoms with Crippen molar-refractivity contribution in [1.82, 2.24) is 5.32 Å². The van der Waals surface area contributed by atoms with Gasteiger partial charge in [0.2, 0.25) is 0 Å². The van der Waals surface area contributed by atoms with Crippen LogP contribution in [-0.2, 0) is 11.2 Å². The Kier molecular flexibility index (Phi) is 4.83. The highest BCUT2D eigenvalue weighted by atomic mass is 16.5. The second kappa shape index (κ2) is 6.40. The Hall–Kier alpha value is -1.06. The Bertz CT molecular complexity index is 399. The van der Waals surface area contributed by atoms with Gasteiger partial charge in [0.15, 0.2) is 0 Å². The van der Waals surface area contributed by atoms with Gasteiger partial charge >= 0.3 is 0 Å². The van der Waals surface area contributed by atoms with Gasteiger partial charge in [0, 0.05) is 12.6 Å². The first kappa shape index (κ1) is 14.4. The standard InChI is InChI=1S/C16H25NO2/c1-16(9-4-5-10-19-16)15(17-2)12-13-7-6-8-14(11-13)18-3/h6-8,11,15,17H,4-5,9-10,12H2,1-3H3. The number of hydrogen-bond donors (Lipinski definition) is 1. The molecular weight excluding hydrogens is 238 g/mol. The van der Waals surface area contributed by atoms with E-state index in [9.17, 15) is 0 Å². The molecule has 106 valence electrons. The number of likely N-dealkylation sites (N-methyl/N-ethyl adjacent to an activating group) is 1. The third-order valence-corrected chi connectivity index (χ3v) is 4.16. The first-order valence-corrected chi connectivity index (χ1v) is 7.12. The van der Waals surface area contributed by atoms with Crippen molar-refractivity contribution in [2.24, 2.45) is 0 Å². The molecule has 0 bridgehead atoms. The second-order valence-electron chi connectivity index (χ2n) is 5.52. The van der Waals surface area contributed by atoms with Crippen LogP contribution in [0.25, 0.3) is 0 Å². The second-order valence-corrected chi connectivity index (χ2v) is 5.52. The van der Waals surface area contributed by atoms with Crippen molar-refractivity contribution < 1.29 is 9.47 Å². The van der Waals surface area contributed by atoms with Crippen LogP contribution in [-0.4, -0.2) is 32.4 Å². The summed E-state index contributed by atoms with van der Waals surface area (Å²) in [6.07, 6.45) is 4.53. The predicted octanol–water partition coefficient (Wildman–Crippen LogP) is 2.78. The van der Waals surface area contributed by atoms with Crippen LogP contribution < -0.4 is 10.1 Å². The average Bonchev–Trinajstić information content (AvgIpc) is 2.45. The van der Waals surface area contributed by atoms with E-state index in [0.717, 1.165) is 25.2 Å². The monoisotopic (exact) mass is 263 g/mol. The number of ether oxygens (including phenoxy) is 2. The first-order valence-electron chi connectivity index (χ1n) is 7.12. The third kappa shape index (κ3) is 3.48. The third-order valence-electron chi connectivity index (χ3n) is 4.16. The zero-order chi connectivity index (χ0) is 13.7. The predicted molar refractivity (Wildman–Crippen MR) is 77.8 cm³/mol. The van der Waals surface area contributed by atoms with Crippen LogP contribution in [0.1, 0.15) is 31.7 Å². The van der Waals surface area contributed by atoms with Gasteiger partial charge in [-0.05, 0) is 57.4 Å². The molecule has 2 atom stereocenters. The summed E-state index contributed by atoms with van der Waals surface area (Å²) < 4.78 is 11.3. The van der Waals surface area contributed by atoms with E-state index in [1.807, 2.05) is 19.2 Å². The number of nitrogens with one attached hydrogen (secondary N) is 1. The summed E-state index contributed by atoms with van der Waals surface area (Å²) in [5.74, 6) is 0.919. The lowest BCUT2D eigenvalue weighted by Crippen LogP contribution is -2.52. The average molecular weight is 263 g/mol. The van der Waals surface area contributed by atoms with Gasteiger partial charge in [0.25, 0.3) is 0 Å². The van der Waals surface area contributed by atoms with E-state index in [1.54, 1.807) is 7.11 Å². The highest BCUT2D eigenvalue weighted by molar-refractivity contribution is 5.29. The zero-order valence-corrected chi connectivity index (χ0v) is 12.2. The lowest BCUT2D eigenvalue weighted by Gasteiger charge is -2.40. The summed E-state index contributed by atoms with van der Waals surface area (Å²) in [6, 6.07) is 8.62. The fraction of sp³-hybridized carbons (Fsp3) is 0.625. The molecule has 0 aromatic heterocycles. The quantitative estimate of drug-likeness (QED) is 0.886. The minimum absolute atomic E-state index is 0.0594. The van der Waals surface area contributed by atoms with Gasteiger partial charge in [-0.2, -0.15) is 0 Å². The van der Waals surface area contributed by atoms with Crippen LogP contribution >= 0.6 is 0 Å². The summed E-state index contributed by atoms with van der Waals surface area (Å²) in [7, 11) is 3.73. The molecular formula is C16H25NO2. The summed E-state index contributed by atoms with van der Waals surface area (Å²) in [4.78, 5) is 0. The molecule has 1 aliphatic heterocycles. The molecule has 1 aliphatic rings. The normalized spacial score (nSPS) is 25.0. The number of benzene rings is 1.